The number of anilines is 1. The predicted molar refractivity (Wildman–Crippen MR) is 99.9 cm³/mol. The summed E-state index contributed by atoms with van der Waals surface area (Å²) < 4.78 is 11.5. The number of aromatic nitrogens is 1. The zero-order valence-corrected chi connectivity index (χ0v) is 14.8. The largest absolute Gasteiger partial charge is 0.358 e. The highest BCUT2D eigenvalue weighted by molar-refractivity contribution is 7.83. The van der Waals surface area contributed by atoms with Crippen LogP contribution in [-0.2, 0) is 16.6 Å². The molecule has 2 N–H and O–H groups in total. The maximum atomic E-state index is 12.6. The average Bonchev–Trinajstić information content (AvgIpc) is 2.83. The minimum Gasteiger partial charge on any atom is -0.358 e. The van der Waals surface area contributed by atoms with Crippen LogP contribution in [0.15, 0.2) is 42.5 Å². The first-order chi connectivity index (χ1) is 11.5. The molecule has 1 atom stereocenters. The Kier molecular flexibility index (Phi) is 4.53. The van der Waals surface area contributed by atoms with Gasteiger partial charge in [-0.3, -0.25) is 9.00 Å². The van der Waals surface area contributed by atoms with Crippen LogP contribution in [0.2, 0.25) is 0 Å². The van der Waals surface area contributed by atoms with E-state index in [2.05, 4.69) is 10.3 Å². The smallest absolute Gasteiger partial charge is 0.255 e. The molecular weight excluding hydrogens is 320 g/mol. The summed E-state index contributed by atoms with van der Waals surface area (Å²) in [6, 6.07) is 13.1. The molecule has 2 aromatic carbocycles. The lowest BCUT2D eigenvalue weighted by Gasteiger charge is -2.10. The Labute approximate surface area is 143 Å². The Balaban J connectivity index is 1.90. The molecule has 0 radical (unpaired) electrons. The minimum absolute atomic E-state index is 0.163. The SMILES string of the molecule is Cc1[nH]c2ccc(C(=O)Nc3ccccc3C[S@](C)=O)cc2c1C. The van der Waals surface area contributed by atoms with Crippen molar-refractivity contribution in [2.24, 2.45) is 0 Å². The molecule has 4 nitrogen and oxygen atoms in total. The highest BCUT2D eigenvalue weighted by Crippen LogP contribution is 2.23. The van der Waals surface area contributed by atoms with Gasteiger partial charge < -0.3 is 10.3 Å². The van der Waals surface area contributed by atoms with Crippen LogP contribution in [0.25, 0.3) is 10.9 Å². The van der Waals surface area contributed by atoms with E-state index in [4.69, 9.17) is 0 Å². The Bertz CT molecular complexity index is 944. The van der Waals surface area contributed by atoms with E-state index in [1.807, 2.05) is 56.3 Å². The third-order valence-electron chi connectivity index (χ3n) is 4.19. The molecule has 0 bridgehead atoms. The normalized spacial score (nSPS) is 12.3. The van der Waals surface area contributed by atoms with Gasteiger partial charge in [0.25, 0.3) is 5.91 Å². The first-order valence-electron chi connectivity index (χ1n) is 7.74. The molecule has 124 valence electrons. The summed E-state index contributed by atoms with van der Waals surface area (Å²) in [6.07, 6.45) is 1.66. The van der Waals surface area contributed by atoms with Crippen molar-refractivity contribution >= 4 is 33.3 Å². The van der Waals surface area contributed by atoms with Crippen LogP contribution >= 0.6 is 0 Å². The fourth-order valence-electron chi connectivity index (χ4n) is 2.78. The number of fused-ring (bicyclic) bond motifs is 1. The summed E-state index contributed by atoms with van der Waals surface area (Å²) >= 11 is 0. The number of H-pyrrole nitrogens is 1. The van der Waals surface area contributed by atoms with Gasteiger partial charge in [0.1, 0.15) is 0 Å². The van der Waals surface area contributed by atoms with E-state index in [1.54, 1.807) is 6.26 Å². The maximum absolute atomic E-state index is 12.6. The fraction of sp³-hybridized carbons (Fsp3) is 0.211. The predicted octanol–water partition coefficient (Wildman–Crippen LogP) is 3.92. The Morgan fingerprint density at radius 3 is 2.67 bits per heavy atom. The molecule has 0 spiro atoms. The van der Waals surface area contributed by atoms with Gasteiger partial charge in [-0.25, -0.2) is 0 Å². The molecule has 5 heteroatoms. The molecule has 0 unspecified atom stereocenters. The number of para-hydroxylation sites is 1. The molecule has 0 aliphatic heterocycles. The zero-order chi connectivity index (χ0) is 17.3. The number of carbonyl (C=O) groups excluding carboxylic acids is 1. The van der Waals surface area contributed by atoms with E-state index < -0.39 is 10.8 Å². The van der Waals surface area contributed by atoms with Crippen molar-refractivity contribution in [1.29, 1.82) is 0 Å². The third-order valence-corrected chi connectivity index (χ3v) is 4.91. The summed E-state index contributed by atoms with van der Waals surface area (Å²) in [5, 5.41) is 4.00. The average molecular weight is 340 g/mol. The Morgan fingerprint density at radius 2 is 1.92 bits per heavy atom. The van der Waals surface area contributed by atoms with Gasteiger partial charge >= 0.3 is 0 Å². The quantitative estimate of drug-likeness (QED) is 0.756. The molecule has 3 rings (SSSR count). The van der Waals surface area contributed by atoms with Gasteiger partial charge in [-0.1, -0.05) is 18.2 Å². The van der Waals surface area contributed by atoms with Gasteiger partial charge in [-0.15, -0.1) is 0 Å². The van der Waals surface area contributed by atoms with Crippen LogP contribution in [0.4, 0.5) is 5.69 Å². The Morgan fingerprint density at radius 1 is 1.17 bits per heavy atom. The monoisotopic (exact) mass is 340 g/mol. The highest BCUT2D eigenvalue weighted by Gasteiger charge is 2.12. The van der Waals surface area contributed by atoms with Crippen molar-refractivity contribution in [3.05, 3.63) is 64.8 Å². The zero-order valence-electron chi connectivity index (χ0n) is 14.0. The van der Waals surface area contributed by atoms with E-state index >= 15 is 0 Å². The van der Waals surface area contributed by atoms with Crippen molar-refractivity contribution in [2.45, 2.75) is 19.6 Å². The van der Waals surface area contributed by atoms with Crippen molar-refractivity contribution in [2.75, 3.05) is 11.6 Å². The van der Waals surface area contributed by atoms with Gasteiger partial charge in [0.2, 0.25) is 0 Å². The highest BCUT2D eigenvalue weighted by atomic mass is 32.2. The number of nitrogens with one attached hydrogen (secondary N) is 2. The van der Waals surface area contributed by atoms with Crippen molar-refractivity contribution in [1.82, 2.24) is 4.98 Å². The van der Waals surface area contributed by atoms with Crippen molar-refractivity contribution < 1.29 is 9.00 Å². The summed E-state index contributed by atoms with van der Waals surface area (Å²) in [7, 11) is -0.960. The molecular formula is C19H20N2O2S. The topological polar surface area (TPSA) is 62.0 Å². The molecule has 0 saturated heterocycles. The number of hydrogen-bond donors (Lipinski definition) is 2. The minimum atomic E-state index is -0.960. The van der Waals surface area contributed by atoms with E-state index in [1.165, 1.54) is 0 Å². The van der Waals surface area contributed by atoms with Gasteiger partial charge in [0.15, 0.2) is 0 Å². The first-order valence-corrected chi connectivity index (χ1v) is 9.46. The van der Waals surface area contributed by atoms with Crippen molar-refractivity contribution in [3.63, 3.8) is 0 Å². The lowest BCUT2D eigenvalue weighted by atomic mass is 10.1. The Hall–Kier alpha value is -2.40. The van der Waals surface area contributed by atoms with E-state index in [0.717, 1.165) is 27.7 Å². The molecule has 1 aromatic heterocycles. The van der Waals surface area contributed by atoms with Gasteiger partial charge in [0.05, 0.1) is 5.75 Å². The molecule has 0 fully saturated rings. The molecule has 1 amide bonds. The number of hydrogen-bond acceptors (Lipinski definition) is 2. The van der Waals surface area contributed by atoms with Gasteiger partial charge in [-0.2, -0.15) is 0 Å². The van der Waals surface area contributed by atoms with Gasteiger partial charge in [-0.05, 0) is 49.2 Å². The first kappa shape index (κ1) is 16.5. The number of aromatic amines is 1. The summed E-state index contributed by atoms with van der Waals surface area (Å²) in [5.74, 6) is 0.260. The lowest BCUT2D eigenvalue weighted by Crippen LogP contribution is -2.13. The van der Waals surface area contributed by atoms with Crippen LogP contribution in [0.1, 0.15) is 27.2 Å². The number of benzene rings is 2. The lowest BCUT2D eigenvalue weighted by molar-refractivity contribution is 0.102. The summed E-state index contributed by atoms with van der Waals surface area (Å²) in [6.45, 7) is 4.07. The molecule has 0 aliphatic carbocycles. The number of amides is 1. The van der Waals surface area contributed by atoms with Crippen LogP contribution in [0.5, 0.6) is 0 Å². The van der Waals surface area contributed by atoms with Crippen LogP contribution in [0.3, 0.4) is 0 Å². The van der Waals surface area contributed by atoms with Crippen molar-refractivity contribution in [3.8, 4) is 0 Å². The molecule has 0 aliphatic rings. The molecule has 3 aromatic rings. The standard InChI is InChI=1S/C19H20N2O2S/c1-12-13(2)20-18-9-8-14(10-16(12)18)19(22)21-17-7-5-4-6-15(17)11-24(3)23/h4-10,20H,11H2,1-3H3,(H,21,22)/t24-/m0/s1. The van der Waals surface area contributed by atoms with E-state index in [9.17, 15) is 9.00 Å². The molecule has 24 heavy (non-hydrogen) atoms. The second-order valence-electron chi connectivity index (χ2n) is 5.96. The molecule has 0 saturated carbocycles. The second-order valence-corrected chi connectivity index (χ2v) is 7.40. The fourth-order valence-corrected chi connectivity index (χ4v) is 3.47. The second kappa shape index (κ2) is 6.61. The summed E-state index contributed by atoms with van der Waals surface area (Å²) in [5.41, 5.74) is 5.49. The molecule has 1 heterocycles. The summed E-state index contributed by atoms with van der Waals surface area (Å²) in [4.78, 5) is 15.9. The van der Waals surface area contributed by atoms with Crippen LogP contribution in [-0.4, -0.2) is 21.4 Å². The van der Waals surface area contributed by atoms with E-state index in [0.29, 0.717) is 17.0 Å². The van der Waals surface area contributed by atoms with E-state index in [-0.39, 0.29) is 5.91 Å². The maximum Gasteiger partial charge on any atom is 0.255 e. The van der Waals surface area contributed by atoms with Gasteiger partial charge in [0, 0.05) is 44.9 Å². The number of carbonyl (C=O) groups is 1. The number of aryl methyl sites for hydroxylation is 2. The van der Waals surface area contributed by atoms with Crippen LogP contribution in [0, 0.1) is 13.8 Å². The third kappa shape index (κ3) is 3.26. The van der Waals surface area contributed by atoms with Crippen LogP contribution < -0.4 is 5.32 Å². The number of rotatable bonds is 4.